The topological polar surface area (TPSA) is 37.4 Å². The molecule has 0 fully saturated rings. The minimum absolute atomic E-state index is 0.143. The molecule has 126 valence electrons. The maximum atomic E-state index is 12.6. The Bertz CT molecular complexity index is 718. The van der Waals surface area contributed by atoms with Crippen LogP contribution in [-0.2, 0) is 22.1 Å². The van der Waals surface area contributed by atoms with Gasteiger partial charge in [-0.25, -0.2) is 4.21 Å². The average Bonchev–Trinajstić information content (AvgIpc) is 2.58. The molecule has 3 nitrogen and oxygen atoms in total. The van der Waals surface area contributed by atoms with Gasteiger partial charge < -0.3 is 4.90 Å². The summed E-state index contributed by atoms with van der Waals surface area (Å²) in [4.78, 5) is 15.1. The molecule has 1 atom stereocenters. The van der Waals surface area contributed by atoms with Crippen LogP contribution in [0.3, 0.4) is 0 Å². The predicted molar refractivity (Wildman–Crippen MR) is 98.7 cm³/mol. The zero-order chi connectivity index (χ0) is 17.6. The average molecular weight is 341 g/mol. The quantitative estimate of drug-likeness (QED) is 0.767. The number of hydrogen-bond acceptors (Lipinski definition) is 2. The van der Waals surface area contributed by atoms with Crippen LogP contribution in [0.1, 0.15) is 26.3 Å². The van der Waals surface area contributed by atoms with Gasteiger partial charge >= 0.3 is 0 Å². The predicted octanol–water partition coefficient (Wildman–Crippen LogP) is 4.14. The number of rotatable bonds is 5. The second-order valence-corrected chi connectivity index (χ2v) is 7.83. The van der Waals surface area contributed by atoms with E-state index >= 15 is 0 Å². The van der Waals surface area contributed by atoms with E-state index in [1.165, 1.54) is 11.5 Å². The highest BCUT2D eigenvalue weighted by Gasteiger charge is 2.25. The van der Waals surface area contributed by atoms with E-state index in [9.17, 15) is 9.00 Å². The van der Waals surface area contributed by atoms with E-state index in [0.717, 1.165) is 5.56 Å². The number of amides is 1. The van der Waals surface area contributed by atoms with Gasteiger partial charge in [-0.3, -0.25) is 4.79 Å². The van der Waals surface area contributed by atoms with Crippen molar-refractivity contribution in [2.45, 2.75) is 37.8 Å². The molecule has 24 heavy (non-hydrogen) atoms. The SMILES string of the molecule is CC(C)(C)N(Cc1ccccc1)C(=O)/C=C/S(=O)c1ccccc1. The summed E-state index contributed by atoms with van der Waals surface area (Å²) in [5.41, 5.74) is 0.740. The molecule has 4 heteroatoms. The van der Waals surface area contributed by atoms with Gasteiger partial charge in [0.25, 0.3) is 0 Å². The third kappa shape index (κ3) is 5.17. The van der Waals surface area contributed by atoms with Gasteiger partial charge in [-0.1, -0.05) is 48.5 Å². The fraction of sp³-hybridized carbons (Fsp3) is 0.250. The summed E-state index contributed by atoms with van der Waals surface area (Å²) in [6.07, 6.45) is 1.41. The van der Waals surface area contributed by atoms with Crippen LogP contribution in [0.25, 0.3) is 0 Å². The summed E-state index contributed by atoms with van der Waals surface area (Å²) < 4.78 is 12.2. The van der Waals surface area contributed by atoms with Crippen molar-refractivity contribution in [3.8, 4) is 0 Å². The summed E-state index contributed by atoms with van der Waals surface area (Å²) >= 11 is 0. The van der Waals surface area contributed by atoms with E-state index in [-0.39, 0.29) is 11.4 Å². The van der Waals surface area contributed by atoms with Crippen LogP contribution >= 0.6 is 0 Å². The lowest BCUT2D eigenvalue weighted by atomic mass is 10.0. The van der Waals surface area contributed by atoms with Crippen LogP contribution in [0, 0.1) is 0 Å². The summed E-state index contributed by atoms with van der Waals surface area (Å²) in [5.74, 6) is -0.143. The fourth-order valence-electron chi connectivity index (χ4n) is 2.25. The van der Waals surface area contributed by atoms with Gasteiger partial charge in [0.2, 0.25) is 5.91 Å². The molecule has 0 radical (unpaired) electrons. The first-order valence-electron chi connectivity index (χ1n) is 7.87. The van der Waals surface area contributed by atoms with Gasteiger partial charge in [0.05, 0.1) is 10.8 Å². The Morgan fingerprint density at radius 3 is 2.08 bits per heavy atom. The van der Waals surface area contributed by atoms with Gasteiger partial charge in [0.15, 0.2) is 0 Å². The third-order valence-electron chi connectivity index (χ3n) is 3.57. The highest BCUT2D eigenvalue weighted by molar-refractivity contribution is 7.88. The maximum absolute atomic E-state index is 12.6. The zero-order valence-electron chi connectivity index (χ0n) is 14.3. The molecule has 0 aromatic heterocycles. The summed E-state index contributed by atoms with van der Waals surface area (Å²) in [6, 6.07) is 19.0. The van der Waals surface area contributed by atoms with E-state index in [2.05, 4.69) is 0 Å². The Balaban J connectivity index is 2.13. The van der Waals surface area contributed by atoms with E-state index in [0.29, 0.717) is 11.4 Å². The molecule has 0 saturated heterocycles. The van der Waals surface area contributed by atoms with Crippen LogP contribution in [0.15, 0.2) is 77.0 Å². The van der Waals surface area contributed by atoms with Crippen LogP contribution in [0.2, 0.25) is 0 Å². The summed E-state index contributed by atoms with van der Waals surface area (Å²) in [6.45, 7) is 6.51. The Morgan fingerprint density at radius 2 is 1.54 bits per heavy atom. The lowest BCUT2D eigenvalue weighted by molar-refractivity contribution is -0.131. The lowest BCUT2D eigenvalue weighted by Gasteiger charge is -2.35. The van der Waals surface area contributed by atoms with Gasteiger partial charge in [-0.15, -0.1) is 0 Å². The smallest absolute Gasteiger partial charge is 0.247 e. The van der Waals surface area contributed by atoms with Crippen LogP contribution in [0.4, 0.5) is 0 Å². The highest BCUT2D eigenvalue weighted by atomic mass is 32.2. The van der Waals surface area contributed by atoms with Crippen LogP contribution < -0.4 is 0 Å². The van der Waals surface area contributed by atoms with E-state index in [4.69, 9.17) is 0 Å². The number of carbonyl (C=O) groups excluding carboxylic acids is 1. The minimum atomic E-state index is -1.32. The fourth-order valence-corrected chi connectivity index (χ4v) is 3.08. The molecule has 0 aliphatic heterocycles. The van der Waals surface area contributed by atoms with E-state index in [1.54, 1.807) is 17.0 Å². The first kappa shape index (κ1) is 18.1. The second kappa shape index (κ2) is 8.06. The largest absolute Gasteiger partial charge is 0.330 e. The molecular weight excluding hydrogens is 318 g/mol. The third-order valence-corrected chi connectivity index (χ3v) is 4.69. The molecule has 2 aromatic rings. The zero-order valence-corrected chi connectivity index (χ0v) is 15.1. The normalized spacial score (nSPS) is 13.0. The van der Waals surface area contributed by atoms with Crippen molar-refractivity contribution in [1.82, 2.24) is 4.90 Å². The number of carbonyl (C=O) groups is 1. The Morgan fingerprint density at radius 1 is 1.00 bits per heavy atom. The number of hydrogen-bond donors (Lipinski definition) is 0. The number of benzene rings is 2. The van der Waals surface area contributed by atoms with Crippen molar-refractivity contribution in [1.29, 1.82) is 0 Å². The van der Waals surface area contributed by atoms with E-state index < -0.39 is 10.8 Å². The number of nitrogens with zero attached hydrogens (tertiary/aromatic N) is 1. The van der Waals surface area contributed by atoms with E-state index in [1.807, 2.05) is 69.3 Å². The first-order chi connectivity index (χ1) is 11.4. The van der Waals surface area contributed by atoms with Crippen molar-refractivity contribution in [3.63, 3.8) is 0 Å². The monoisotopic (exact) mass is 341 g/mol. The molecule has 1 unspecified atom stereocenters. The second-order valence-electron chi connectivity index (χ2n) is 6.49. The van der Waals surface area contributed by atoms with Crippen molar-refractivity contribution in [3.05, 3.63) is 77.7 Å². The summed E-state index contributed by atoms with van der Waals surface area (Å²) in [7, 11) is -1.32. The van der Waals surface area contributed by atoms with Gasteiger partial charge in [0, 0.05) is 28.5 Å². The van der Waals surface area contributed by atoms with Crippen LogP contribution in [0.5, 0.6) is 0 Å². The van der Waals surface area contributed by atoms with Crippen molar-refractivity contribution < 1.29 is 9.00 Å². The standard InChI is InChI=1S/C20H23NO2S/c1-20(2,3)21(16-17-10-6-4-7-11-17)19(22)14-15-24(23)18-12-8-5-9-13-18/h4-15H,16H2,1-3H3/b15-14+. The molecule has 2 rings (SSSR count). The summed E-state index contributed by atoms with van der Waals surface area (Å²) in [5, 5.41) is 1.46. The van der Waals surface area contributed by atoms with Gasteiger partial charge in [-0.05, 0) is 38.5 Å². The molecule has 0 N–H and O–H groups in total. The molecule has 0 bridgehead atoms. The molecule has 0 aliphatic rings. The molecule has 1 amide bonds. The first-order valence-corrected chi connectivity index (χ1v) is 9.08. The lowest BCUT2D eigenvalue weighted by Crippen LogP contribution is -2.44. The molecule has 0 aliphatic carbocycles. The van der Waals surface area contributed by atoms with Crippen LogP contribution in [-0.4, -0.2) is 20.6 Å². The molecule has 0 spiro atoms. The molecule has 0 saturated carbocycles. The molecule has 0 heterocycles. The van der Waals surface area contributed by atoms with Gasteiger partial charge in [-0.2, -0.15) is 0 Å². The minimum Gasteiger partial charge on any atom is -0.330 e. The molecule has 2 aromatic carbocycles. The maximum Gasteiger partial charge on any atom is 0.247 e. The molecular formula is C20H23NO2S. The van der Waals surface area contributed by atoms with Crippen molar-refractivity contribution >= 4 is 16.7 Å². The Labute approximate surface area is 146 Å². The van der Waals surface area contributed by atoms with Crippen molar-refractivity contribution in [2.24, 2.45) is 0 Å². The Kier molecular flexibility index (Phi) is 6.10. The van der Waals surface area contributed by atoms with Crippen molar-refractivity contribution in [2.75, 3.05) is 0 Å². The Hall–Kier alpha value is -2.20. The highest BCUT2D eigenvalue weighted by Crippen LogP contribution is 2.18. The van der Waals surface area contributed by atoms with Gasteiger partial charge in [0.1, 0.15) is 0 Å².